The molecular weight excluding hydrogens is 198 g/mol. The quantitative estimate of drug-likeness (QED) is 0.798. The zero-order valence-electron chi connectivity index (χ0n) is 8.23. The topological polar surface area (TPSA) is 58.0 Å². The average molecular weight is 213 g/mol. The van der Waals surface area contributed by atoms with E-state index in [1.165, 1.54) is 30.6 Å². The van der Waals surface area contributed by atoms with E-state index in [-0.39, 0.29) is 6.61 Å². The van der Waals surface area contributed by atoms with Gasteiger partial charge in [-0.1, -0.05) is 17.8 Å². The maximum Gasteiger partial charge on any atom is 0.205 e. The molecule has 4 nitrogen and oxygen atoms in total. The Morgan fingerprint density at radius 2 is 2.36 bits per heavy atom. The fourth-order valence-electron chi connectivity index (χ4n) is 1.63. The standard InChI is InChI=1S/C9H15N3OS/c1-6(7-3-2-4-7)10-9-12-11-8(5-13)14-9/h6-7,13H,2-5H2,1H3,(H,10,12)/t6-/m1/s1. The Labute approximate surface area is 87.4 Å². The number of aromatic nitrogens is 2. The predicted molar refractivity (Wildman–Crippen MR) is 56.3 cm³/mol. The molecule has 1 saturated carbocycles. The molecule has 14 heavy (non-hydrogen) atoms. The second-order valence-corrected chi connectivity index (χ2v) is 4.85. The minimum Gasteiger partial charge on any atom is -0.389 e. The molecule has 0 spiro atoms. The number of nitrogens with one attached hydrogen (secondary N) is 1. The van der Waals surface area contributed by atoms with Crippen LogP contribution in [0.5, 0.6) is 0 Å². The minimum atomic E-state index is -0.0167. The van der Waals surface area contributed by atoms with E-state index in [4.69, 9.17) is 5.11 Å². The Morgan fingerprint density at radius 3 is 2.86 bits per heavy atom. The Kier molecular flexibility index (Phi) is 2.98. The summed E-state index contributed by atoms with van der Waals surface area (Å²) in [6.07, 6.45) is 3.99. The molecule has 5 heteroatoms. The van der Waals surface area contributed by atoms with E-state index >= 15 is 0 Å². The Bertz CT molecular complexity index is 298. The van der Waals surface area contributed by atoms with Crippen molar-refractivity contribution in [2.75, 3.05) is 5.32 Å². The SMILES string of the molecule is C[C@@H](Nc1nnc(CO)s1)C1CCC1. The van der Waals surface area contributed by atoms with E-state index in [0.717, 1.165) is 11.0 Å². The number of aliphatic hydroxyl groups excluding tert-OH is 1. The lowest BCUT2D eigenvalue weighted by atomic mass is 9.80. The third-order valence-electron chi connectivity index (χ3n) is 2.81. The van der Waals surface area contributed by atoms with Gasteiger partial charge in [-0.05, 0) is 25.7 Å². The summed E-state index contributed by atoms with van der Waals surface area (Å²) in [5.74, 6) is 0.788. The van der Waals surface area contributed by atoms with Crippen molar-refractivity contribution >= 4 is 16.5 Å². The molecule has 0 aliphatic heterocycles. The molecule has 0 unspecified atom stereocenters. The smallest absolute Gasteiger partial charge is 0.205 e. The molecule has 1 fully saturated rings. The number of hydrogen-bond acceptors (Lipinski definition) is 5. The molecule has 0 aromatic carbocycles. The lowest BCUT2D eigenvalue weighted by molar-refractivity contribution is 0.280. The summed E-state index contributed by atoms with van der Waals surface area (Å²) >= 11 is 1.43. The molecule has 2 N–H and O–H groups in total. The molecule has 1 aliphatic rings. The van der Waals surface area contributed by atoms with Crippen LogP contribution in [0.4, 0.5) is 5.13 Å². The average Bonchev–Trinajstić information content (AvgIpc) is 2.48. The van der Waals surface area contributed by atoms with Crippen molar-refractivity contribution in [2.45, 2.75) is 38.8 Å². The van der Waals surface area contributed by atoms with Crippen molar-refractivity contribution in [1.82, 2.24) is 10.2 Å². The van der Waals surface area contributed by atoms with E-state index < -0.39 is 0 Å². The van der Waals surface area contributed by atoms with Gasteiger partial charge in [0.05, 0.1) is 6.61 Å². The van der Waals surface area contributed by atoms with Gasteiger partial charge in [0.2, 0.25) is 5.13 Å². The first-order valence-corrected chi connectivity index (χ1v) is 5.81. The number of anilines is 1. The summed E-state index contributed by atoms with van der Waals surface area (Å²) in [6.45, 7) is 2.17. The van der Waals surface area contributed by atoms with Crippen LogP contribution in [-0.4, -0.2) is 21.3 Å². The predicted octanol–water partition coefficient (Wildman–Crippen LogP) is 1.63. The van der Waals surface area contributed by atoms with Gasteiger partial charge in [-0.2, -0.15) is 0 Å². The molecule has 0 saturated heterocycles. The van der Waals surface area contributed by atoms with E-state index in [9.17, 15) is 0 Å². The fraction of sp³-hybridized carbons (Fsp3) is 0.778. The van der Waals surface area contributed by atoms with Crippen LogP contribution in [0.15, 0.2) is 0 Å². The second-order valence-electron chi connectivity index (χ2n) is 3.78. The number of rotatable bonds is 4. The van der Waals surface area contributed by atoms with E-state index in [0.29, 0.717) is 11.0 Å². The number of nitrogens with zero attached hydrogens (tertiary/aromatic N) is 2. The van der Waals surface area contributed by atoms with Gasteiger partial charge >= 0.3 is 0 Å². The summed E-state index contributed by atoms with van der Waals surface area (Å²) in [7, 11) is 0. The van der Waals surface area contributed by atoms with Gasteiger partial charge in [0.1, 0.15) is 5.01 Å². The van der Waals surface area contributed by atoms with Gasteiger partial charge < -0.3 is 10.4 Å². The van der Waals surface area contributed by atoms with Crippen LogP contribution < -0.4 is 5.32 Å². The maximum atomic E-state index is 8.83. The summed E-state index contributed by atoms with van der Waals surface area (Å²) < 4.78 is 0. The Balaban J connectivity index is 1.89. The molecule has 0 radical (unpaired) electrons. The highest BCUT2D eigenvalue weighted by Crippen LogP contribution is 2.31. The molecular formula is C9H15N3OS. The first kappa shape index (κ1) is 9.86. The minimum absolute atomic E-state index is 0.0167. The lowest BCUT2D eigenvalue weighted by Crippen LogP contribution is -2.30. The molecule has 2 rings (SSSR count). The highest BCUT2D eigenvalue weighted by Gasteiger charge is 2.24. The van der Waals surface area contributed by atoms with Gasteiger partial charge in [0, 0.05) is 6.04 Å². The molecule has 1 heterocycles. The zero-order valence-corrected chi connectivity index (χ0v) is 9.05. The highest BCUT2D eigenvalue weighted by molar-refractivity contribution is 7.15. The molecule has 1 aromatic rings. The zero-order chi connectivity index (χ0) is 9.97. The number of aliphatic hydroxyl groups is 1. The van der Waals surface area contributed by atoms with Gasteiger partial charge in [-0.25, -0.2) is 0 Å². The monoisotopic (exact) mass is 213 g/mol. The molecule has 1 aliphatic carbocycles. The largest absolute Gasteiger partial charge is 0.389 e. The molecule has 78 valence electrons. The summed E-state index contributed by atoms with van der Waals surface area (Å²) in [4.78, 5) is 0. The molecule has 0 amide bonds. The first-order chi connectivity index (χ1) is 6.79. The van der Waals surface area contributed by atoms with Crippen LogP contribution in [0, 0.1) is 5.92 Å². The second kappa shape index (κ2) is 4.23. The van der Waals surface area contributed by atoms with Gasteiger partial charge in [0.15, 0.2) is 0 Å². The Morgan fingerprint density at radius 1 is 1.57 bits per heavy atom. The number of hydrogen-bond donors (Lipinski definition) is 2. The highest BCUT2D eigenvalue weighted by atomic mass is 32.1. The summed E-state index contributed by atoms with van der Waals surface area (Å²) in [5, 5.41) is 21.5. The van der Waals surface area contributed by atoms with Crippen molar-refractivity contribution in [1.29, 1.82) is 0 Å². The summed E-state index contributed by atoms with van der Waals surface area (Å²) in [6, 6.07) is 0.475. The van der Waals surface area contributed by atoms with Crippen molar-refractivity contribution in [2.24, 2.45) is 5.92 Å². The first-order valence-electron chi connectivity index (χ1n) is 4.99. The van der Waals surface area contributed by atoms with Gasteiger partial charge in [-0.3, -0.25) is 0 Å². The van der Waals surface area contributed by atoms with Gasteiger partial charge in [0.25, 0.3) is 0 Å². The van der Waals surface area contributed by atoms with E-state index in [1.807, 2.05) is 0 Å². The fourth-order valence-corrected chi connectivity index (χ4v) is 2.32. The van der Waals surface area contributed by atoms with Crippen LogP contribution >= 0.6 is 11.3 Å². The third kappa shape index (κ3) is 2.04. The van der Waals surface area contributed by atoms with Crippen LogP contribution in [0.3, 0.4) is 0 Å². The van der Waals surface area contributed by atoms with E-state index in [2.05, 4.69) is 22.4 Å². The normalized spacial score (nSPS) is 19.0. The van der Waals surface area contributed by atoms with Crippen molar-refractivity contribution in [3.8, 4) is 0 Å². The van der Waals surface area contributed by atoms with Crippen LogP contribution in [0.2, 0.25) is 0 Å². The maximum absolute atomic E-state index is 8.83. The van der Waals surface area contributed by atoms with Crippen LogP contribution in [0.25, 0.3) is 0 Å². The van der Waals surface area contributed by atoms with Crippen molar-refractivity contribution in [3.63, 3.8) is 0 Å². The van der Waals surface area contributed by atoms with Gasteiger partial charge in [-0.15, -0.1) is 10.2 Å². The Hall–Kier alpha value is -0.680. The van der Waals surface area contributed by atoms with Crippen LogP contribution in [0.1, 0.15) is 31.2 Å². The van der Waals surface area contributed by atoms with E-state index in [1.54, 1.807) is 0 Å². The molecule has 1 atom stereocenters. The summed E-state index contributed by atoms with van der Waals surface area (Å²) in [5.41, 5.74) is 0. The molecule has 1 aromatic heterocycles. The molecule has 0 bridgehead atoms. The van der Waals surface area contributed by atoms with Crippen LogP contribution in [-0.2, 0) is 6.61 Å². The lowest BCUT2D eigenvalue weighted by Gasteiger charge is -2.31. The van der Waals surface area contributed by atoms with Crippen molar-refractivity contribution < 1.29 is 5.11 Å². The van der Waals surface area contributed by atoms with Crippen molar-refractivity contribution in [3.05, 3.63) is 5.01 Å². The third-order valence-corrected chi connectivity index (χ3v) is 3.65.